The summed E-state index contributed by atoms with van der Waals surface area (Å²) in [5.74, 6) is -2.08. The van der Waals surface area contributed by atoms with Gasteiger partial charge < -0.3 is 14.5 Å². The summed E-state index contributed by atoms with van der Waals surface area (Å²) in [7, 11) is 1.20. The molecule has 0 saturated heterocycles. The summed E-state index contributed by atoms with van der Waals surface area (Å²) in [5.41, 5.74) is 0.123. The van der Waals surface area contributed by atoms with E-state index in [9.17, 15) is 22.4 Å². The molecule has 0 aliphatic heterocycles. The molecule has 5 nitrogen and oxygen atoms in total. The Morgan fingerprint density at radius 2 is 2.04 bits per heavy atom. The number of alkyl halides is 3. The number of hydrogen-bond donors (Lipinski definition) is 1. The van der Waals surface area contributed by atoms with Crippen molar-refractivity contribution in [3.05, 3.63) is 65.9 Å². The lowest BCUT2D eigenvalue weighted by Gasteiger charge is -2.22. The summed E-state index contributed by atoms with van der Waals surface area (Å²) < 4.78 is 60.2. The summed E-state index contributed by atoms with van der Waals surface area (Å²) in [6.45, 7) is 0. The van der Waals surface area contributed by atoms with Gasteiger partial charge in [-0.25, -0.2) is 9.37 Å². The first-order valence-electron chi connectivity index (χ1n) is 7.43. The number of ether oxygens (including phenoxy) is 1. The number of carbonyl (C=O) groups excluding carboxylic acids is 1. The number of nitrogens with zero attached hydrogens (tertiary/aromatic N) is 2. The molecule has 26 heavy (non-hydrogen) atoms. The van der Waals surface area contributed by atoms with Gasteiger partial charge in [0.2, 0.25) is 0 Å². The van der Waals surface area contributed by atoms with Crippen molar-refractivity contribution in [3.8, 4) is 5.75 Å². The Morgan fingerprint density at radius 3 is 2.69 bits per heavy atom. The number of rotatable bonds is 4. The molecule has 3 aromatic rings. The fraction of sp³-hybridized carbons (Fsp3) is 0.176. The van der Waals surface area contributed by atoms with E-state index < -0.39 is 29.5 Å². The SMILES string of the molecule is COc1ccc([C@@H](NC(=O)c2ccc3nccn3c2)C(F)(F)F)cc1F. The van der Waals surface area contributed by atoms with Gasteiger partial charge in [-0.2, -0.15) is 13.2 Å². The second-order valence-electron chi connectivity index (χ2n) is 5.45. The van der Waals surface area contributed by atoms with E-state index in [0.717, 1.165) is 12.1 Å². The maximum atomic E-state index is 13.8. The number of aromatic nitrogens is 2. The molecule has 0 fully saturated rings. The fourth-order valence-electron chi connectivity index (χ4n) is 2.49. The Kier molecular flexibility index (Phi) is 4.54. The van der Waals surface area contributed by atoms with Crippen LogP contribution in [0.3, 0.4) is 0 Å². The third kappa shape index (κ3) is 3.46. The van der Waals surface area contributed by atoms with Gasteiger partial charge in [-0.3, -0.25) is 4.79 Å². The number of methoxy groups -OCH3 is 1. The molecule has 1 N–H and O–H groups in total. The number of amides is 1. The van der Waals surface area contributed by atoms with Crippen LogP contribution in [0, 0.1) is 5.82 Å². The molecule has 1 atom stereocenters. The van der Waals surface area contributed by atoms with Crippen molar-refractivity contribution in [2.24, 2.45) is 0 Å². The van der Waals surface area contributed by atoms with Gasteiger partial charge in [0, 0.05) is 18.6 Å². The normalized spacial score (nSPS) is 12.8. The van der Waals surface area contributed by atoms with Gasteiger partial charge in [0.1, 0.15) is 5.65 Å². The number of pyridine rings is 1. The molecule has 1 aromatic carbocycles. The van der Waals surface area contributed by atoms with E-state index in [1.54, 1.807) is 6.20 Å². The molecule has 9 heteroatoms. The minimum Gasteiger partial charge on any atom is -0.494 e. The summed E-state index contributed by atoms with van der Waals surface area (Å²) in [6.07, 6.45) is -0.391. The van der Waals surface area contributed by atoms with E-state index >= 15 is 0 Å². The molecule has 3 rings (SSSR count). The van der Waals surface area contributed by atoms with Crippen molar-refractivity contribution in [1.29, 1.82) is 0 Å². The summed E-state index contributed by atoms with van der Waals surface area (Å²) in [5, 5.41) is 1.91. The second-order valence-corrected chi connectivity index (χ2v) is 5.45. The Hall–Kier alpha value is -3.10. The fourth-order valence-corrected chi connectivity index (χ4v) is 2.49. The van der Waals surface area contributed by atoms with E-state index in [0.29, 0.717) is 11.7 Å². The quantitative estimate of drug-likeness (QED) is 0.718. The molecule has 2 aromatic heterocycles. The maximum absolute atomic E-state index is 13.8. The Labute approximate surface area is 145 Å². The first-order valence-corrected chi connectivity index (χ1v) is 7.43. The van der Waals surface area contributed by atoms with Gasteiger partial charge in [0.25, 0.3) is 5.91 Å². The van der Waals surface area contributed by atoms with Crippen LogP contribution in [0.1, 0.15) is 22.0 Å². The van der Waals surface area contributed by atoms with Crippen LogP contribution in [0.25, 0.3) is 5.65 Å². The first-order chi connectivity index (χ1) is 12.3. The Balaban J connectivity index is 1.91. The molecule has 0 spiro atoms. The van der Waals surface area contributed by atoms with Crippen LogP contribution in [0.15, 0.2) is 48.9 Å². The molecular weight excluding hydrogens is 354 g/mol. The number of imidazole rings is 1. The van der Waals surface area contributed by atoms with Crippen LogP contribution in [0.2, 0.25) is 0 Å². The second kappa shape index (κ2) is 6.66. The van der Waals surface area contributed by atoms with Gasteiger partial charge in [0.05, 0.1) is 12.7 Å². The molecule has 0 saturated carbocycles. The number of nitrogens with one attached hydrogen (secondary N) is 1. The molecule has 0 bridgehead atoms. The highest BCUT2D eigenvalue weighted by Crippen LogP contribution is 2.34. The zero-order chi connectivity index (χ0) is 18.9. The zero-order valence-corrected chi connectivity index (χ0v) is 13.4. The predicted octanol–water partition coefficient (Wildman–Crippen LogP) is 3.52. The zero-order valence-electron chi connectivity index (χ0n) is 13.4. The molecule has 0 radical (unpaired) electrons. The maximum Gasteiger partial charge on any atom is 0.412 e. The lowest BCUT2D eigenvalue weighted by molar-refractivity contribution is -0.155. The van der Waals surface area contributed by atoms with E-state index in [4.69, 9.17) is 4.74 Å². The van der Waals surface area contributed by atoms with Gasteiger partial charge in [-0.1, -0.05) is 6.07 Å². The van der Waals surface area contributed by atoms with Crippen LogP contribution >= 0.6 is 0 Å². The van der Waals surface area contributed by atoms with E-state index in [2.05, 4.69) is 4.98 Å². The lowest BCUT2D eigenvalue weighted by Crippen LogP contribution is -2.38. The molecule has 0 unspecified atom stereocenters. The van der Waals surface area contributed by atoms with Crippen LogP contribution in [0.5, 0.6) is 5.75 Å². The molecular formula is C17H13F4N3O2. The standard InChI is InChI=1S/C17H13F4N3O2/c1-26-13-4-2-10(8-12(13)18)15(17(19,20)21)23-16(25)11-3-5-14-22-6-7-24(14)9-11/h2-9,15H,1H3,(H,23,25)/t15-/m1/s1. The van der Waals surface area contributed by atoms with Crippen LogP contribution in [-0.2, 0) is 0 Å². The summed E-state index contributed by atoms with van der Waals surface area (Å²) in [6, 6.07) is 3.32. The highest BCUT2D eigenvalue weighted by Gasteiger charge is 2.42. The van der Waals surface area contributed by atoms with Crippen molar-refractivity contribution >= 4 is 11.6 Å². The van der Waals surface area contributed by atoms with Gasteiger partial charge >= 0.3 is 6.18 Å². The Morgan fingerprint density at radius 1 is 1.27 bits per heavy atom. The van der Waals surface area contributed by atoms with Crippen molar-refractivity contribution in [2.75, 3.05) is 7.11 Å². The average molecular weight is 367 g/mol. The lowest BCUT2D eigenvalue weighted by atomic mass is 10.1. The molecule has 136 valence electrons. The largest absolute Gasteiger partial charge is 0.494 e. The first kappa shape index (κ1) is 17.7. The number of halogens is 4. The minimum atomic E-state index is -4.81. The van der Waals surface area contributed by atoms with Crippen molar-refractivity contribution in [1.82, 2.24) is 14.7 Å². The topological polar surface area (TPSA) is 55.6 Å². The minimum absolute atomic E-state index is 0.0127. The Bertz CT molecular complexity index is 953. The molecule has 1 amide bonds. The number of benzene rings is 1. The number of fused-ring (bicyclic) bond motifs is 1. The van der Waals surface area contributed by atoms with E-state index in [1.807, 2.05) is 5.32 Å². The predicted molar refractivity (Wildman–Crippen MR) is 84.4 cm³/mol. The smallest absolute Gasteiger partial charge is 0.412 e. The summed E-state index contributed by atoms with van der Waals surface area (Å²) in [4.78, 5) is 16.3. The van der Waals surface area contributed by atoms with Crippen molar-refractivity contribution in [3.63, 3.8) is 0 Å². The third-order valence-corrected chi connectivity index (χ3v) is 3.76. The molecule has 0 aliphatic carbocycles. The van der Waals surface area contributed by atoms with Gasteiger partial charge in [-0.05, 0) is 29.8 Å². The number of hydrogen-bond acceptors (Lipinski definition) is 3. The van der Waals surface area contributed by atoms with Crippen LogP contribution in [0.4, 0.5) is 17.6 Å². The van der Waals surface area contributed by atoms with Gasteiger partial charge in [-0.15, -0.1) is 0 Å². The average Bonchev–Trinajstić information content (AvgIpc) is 3.06. The summed E-state index contributed by atoms with van der Waals surface area (Å²) >= 11 is 0. The van der Waals surface area contributed by atoms with Gasteiger partial charge in [0.15, 0.2) is 17.6 Å². The highest BCUT2D eigenvalue weighted by molar-refractivity contribution is 5.94. The molecule has 2 heterocycles. The molecule has 0 aliphatic rings. The third-order valence-electron chi connectivity index (χ3n) is 3.76. The van der Waals surface area contributed by atoms with E-state index in [-0.39, 0.29) is 11.3 Å². The van der Waals surface area contributed by atoms with Crippen LogP contribution < -0.4 is 10.1 Å². The van der Waals surface area contributed by atoms with E-state index in [1.165, 1.54) is 36.0 Å². The highest BCUT2D eigenvalue weighted by atomic mass is 19.4. The van der Waals surface area contributed by atoms with Crippen LogP contribution in [-0.4, -0.2) is 28.6 Å². The van der Waals surface area contributed by atoms with Crippen molar-refractivity contribution in [2.45, 2.75) is 12.2 Å². The monoisotopic (exact) mass is 367 g/mol. The number of carbonyl (C=O) groups is 1. The van der Waals surface area contributed by atoms with Crippen molar-refractivity contribution < 1.29 is 27.1 Å².